The van der Waals surface area contributed by atoms with Gasteiger partial charge in [-0.3, -0.25) is 14.9 Å². The fourth-order valence-electron chi connectivity index (χ4n) is 3.59. The molecule has 2 heterocycles. The molecule has 0 aliphatic carbocycles. The van der Waals surface area contributed by atoms with Crippen molar-refractivity contribution in [2.75, 3.05) is 50.5 Å². The van der Waals surface area contributed by atoms with Crippen LogP contribution in [0.4, 0.5) is 11.4 Å². The molecule has 3 rings (SSSR count). The van der Waals surface area contributed by atoms with Gasteiger partial charge in [0.05, 0.1) is 29.0 Å². The molecule has 0 radical (unpaired) electrons. The van der Waals surface area contributed by atoms with Gasteiger partial charge in [-0.25, -0.2) is 8.42 Å². The molecule has 27 heavy (non-hydrogen) atoms. The molecule has 1 aromatic carbocycles. The van der Waals surface area contributed by atoms with Crippen molar-refractivity contribution in [2.24, 2.45) is 5.92 Å². The summed E-state index contributed by atoms with van der Waals surface area (Å²) in [5, 5.41) is 11.5. The van der Waals surface area contributed by atoms with Crippen LogP contribution in [0.1, 0.15) is 12.8 Å². The maximum atomic E-state index is 12.8. The maximum absolute atomic E-state index is 12.8. The van der Waals surface area contributed by atoms with E-state index in [1.165, 1.54) is 12.1 Å². The molecule has 2 fully saturated rings. The van der Waals surface area contributed by atoms with E-state index in [4.69, 9.17) is 4.74 Å². The van der Waals surface area contributed by atoms with Crippen LogP contribution in [-0.2, 0) is 19.4 Å². The number of amides is 1. The lowest BCUT2D eigenvalue weighted by Gasteiger charge is -2.37. The van der Waals surface area contributed by atoms with Crippen LogP contribution in [0.25, 0.3) is 0 Å². The highest BCUT2D eigenvalue weighted by Gasteiger charge is 2.32. The van der Waals surface area contributed by atoms with E-state index in [9.17, 15) is 23.3 Å². The first kappa shape index (κ1) is 19.6. The predicted octanol–water partition coefficient (Wildman–Crippen LogP) is 1.07. The Hall–Kier alpha value is -2.20. The molecule has 1 amide bonds. The van der Waals surface area contributed by atoms with Gasteiger partial charge in [0.2, 0.25) is 5.91 Å². The number of hydrogen-bond donors (Lipinski definition) is 0. The molecule has 1 aromatic rings. The Labute approximate surface area is 158 Å². The monoisotopic (exact) mass is 397 g/mol. The second-order valence-corrected chi connectivity index (χ2v) is 8.92. The van der Waals surface area contributed by atoms with Gasteiger partial charge < -0.3 is 14.5 Å². The number of piperidine rings is 1. The molecule has 9 nitrogen and oxygen atoms in total. The average molecular weight is 397 g/mol. The highest BCUT2D eigenvalue weighted by molar-refractivity contribution is 7.90. The summed E-state index contributed by atoms with van der Waals surface area (Å²) in [6, 6.07) is 3.94. The van der Waals surface area contributed by atoms with Crippen LogP contribution in [0.2, 0.25) is 0 Å². The van der Waals surface area contributed by atoms with Gasteiger partial charge in [-0.1, -0.05) is 0 Å². The number of nitro groups is 1. The lowest BCUT2D eigenvalue weighted by atomic mass is 9.95. The number of morpholine rings is 1. The number of nitro benzene ring substituents is 1. The fraction of sp³-hybridized carbons (Fsp3) is 0.588. The summed E-state index contributed by atoms with van der Waals surface area (Å²) in [6.45, 7) is 3.17. The summed E-state index contributed by atoms with van der Waals surface area (Å²) in [4.78, 5) is 27.2. The normalized spacial score (nSPS) is 21.1. The summed E-state index contributed by atoms with van der Waals surface area (Å²) in [5.41, 5.74) is 0.101. The van der Waals surface area contributed by atoms with Gasteiger partial charge in [-0.15, -0.1) is 0 Å². The number of anilines is 1. The number of benzene rings is 1. The summed E-state index contributed by atoms with van der Waals surface area (Å²) < 4.78 is 28.7. The second kappa shape index (κ2) is 7.81. The van der Waals surface area contributed by atoms with Gasteiger partial charge in [-0.2, -0.15) is 0 Å². The van der Waals surface area contributed by atoms with Gasteiger partial charge in [0.25, 0.3) is 5.69 Å². The standard InChI is InChI=1S/C17H23N3O6S/c1-27(24,25)14-4-5-15(16(11-14)20(22)23)19-6-2-3-13(12-19)17(21)18-7-9-26-10-8-18/h4-5,11,13H,2-3,6-10,12H2,1H3. The molecule has 0 saturated carbocycles. The average Bonchev–Trinajstić information content (AvgIpc) is 2.67. The molecular formula is C17H23N3O6S. The van der Waals surface area contributed by atoms with E-state index in [0.717, 1.165) is 25.2 Å². The SMILES string of the molecule is CS(=O)(=O)c1ccc(N2CCCC(C(=O)N3CCOCC3)C2)c([N+](=O)[O-])c1. The van der Waals surface area contributed by atoms with Crippen molar-refractivity contribution in [3.05, 3.63) is 28.3 Å². The van der Waals surface area contributed by atoms with E-state index >= 15 is 0 Å². The number of ether oxygens (including phenoxy) is 1. The van der Waals surface area contributed by atoms with Gasteiger partial charge in [0.1, 0.15) is 5.69 Å². The minimum absolute atomic E-state index is 0.0541. The molecule has 0 spiro atoms. The number of nitrogens with zero attached hydrogens (tertiary/aromatic N) is 3. The van der Waals surface area contributed by atoms with Gasteiger partial charge >= 0.3 is 0 Å². The smallest absolute Gasteiger partial charge is 0.293 e. The largest absolute Gasteiger partial charge is 0.378 e. The molecule has 2 saturated heterocycles. The van der Waals surface area contributed by atoms with Crippen LogP contribution in [0, 0.1) is 16.0 Å². The zero-order valence-corrected chi connectivity index (χ0v) is 16.0. The summed E-state index contributed by atoms with van der Waals surface area (Å²) >= 11 is 0. The molecule has 2 aliphatic heterocycles. The topological polar surface area (TPSA) is 110 Å². The maximum Gasteiger partial charge on any atom is 0.293 e. The van der Waals surface area contributed by atoms with E-state index in [0.29, 0.717) is 45.1 Å². The van der Waals surface area contributed by atoms with E-state index < -0.39 is 14.8 Å². The molecule has 2 aliphatic rings. The van der Waals surface area contributed by atoms with Crippen molar-refractivity contribution < 1.29 is 22.9 Å². The second-order valence-electron chi connectivity index (χ2n) is 6.90. The molecule has 10 heteroatoms. The Bertz CT molecular complexity index is 835. The Morgan fingerprint density at radius 3 is 2.59 bits per heavy atom. The van der Waals surface area contributed by atoms with Crippen LogP contribution in [0.15, 0.2) is 23.1 Å². The number of carbonyl (C=O) groups is 1. The highest BCUT2D eigenvalue weighted by atomic mass is 32.2. The Morgan fingerprint density at radius 1 is 1.26 bits per heavy atom. The number of carbonyl (C=O) groups excluding carboxylic acids is 1. The zero-order valence-electron chi connectivity index (χ0n) is 15.2. The zero-order chi connectivity index (χ0) is 19.6. The lowest BCUT2D eigenvalue weighted by molar-refractivity contribution is -0.384. The van der Waals surface area contributed by atoms with Crippen LogP contribution in [0.5, 0.6) is 0 Å². The third-order valence-electron chi connectivity index (χ3n) is 5.01. The molecule has 0 aromatic heterocycles. The third-order valence-corrected chi connectivity index (χ3v) is 6.12. The van der Waals surface area contributed by atoms with Crippen molar-refractivity contribution >= 4 is 27.1 Å². The number of sulfone groups is 1. The van der Waals surface area contributed by atoms with Crippen LogP contribution < -0.4 is 4.90 Å². The Balaban J connectivity index is 1.83. The summed E-state index contributed by atoms with van der Waals surface area (Å²) in [6.07, 6.45) is 2.50. The van der Waals surface area contributed by atoms with Gasteiger partial charge in [0.15, 0.2) is 9.84 Å². The van der Waals surface area contributed by atoms with Crippen LogP contribution in [-0.4, -0.2) is 69.8 Å². The van der Waals surface area contributed by atoms with E-state index in [1.807, 2.05) is 4.90 Å². The molecule has 1 atom stereocenters. The van der Waals surface area contributed by atoms with Crippen molar-refractivity contribution in [3.8, 4) is 0 Å². The van der Waals surface area contributed by atoms with E-state index in [-0.39, 0.29) is 22.4 Å². The quantitative estimate of drug-likeness (QED) is 0.552. The predicted molar refractivity (Wildman–Crippen MR) is 98.5 cm³/mol. The minimum atomic E-state index is -3.54. The highest BCUT2D eigenvalue weighted by Crippen LogP contribution is 2.34. The first-order valence-electron chi connectivity index (χ1n) is 8.87. The van der Waals surface area contributed by atoms with Crippen molar-refractivity contribution in [1.82, 2.24) is 4.90 Å². The third kappa shape index (κ3) is 4.38. The van der Waals surface area contributed by atoms with Crippen molar-refractivity contribution in [3.63, 3.8) is 0 Å². The number of rotatable bonds is 4. The van der Waals surface area contributed by atoms with Crippen molar-refractivity contribution in [2.45, 2.75) is 17.7 Å². The van der Waals surface area contributed by atoms with Gasteiger partial charge in [-0.05, 0) is 25.0 Å². The fourth-order valence-corrected chi connectivity index (χ4v) is 4.23. The molecule has 148 valence electrons. The van der Waals surface area contributed by atoms with Crippen molar-refractivity contribution in [1.29, 1.82) is 0 Å². The minimum Gasteiger partial charge on any atom is -0.378 e. The lowest BCUT2D eigenvalue weighted by Crippen LogP contribution is -2.48. The molecular weight excluding hydrogens is 374 g/mol. The Morgan fingerprint density at radius 2 is 1.96 bits per heavy atom. The molecule has 0 bridgehead atoms. The van der Waals surface area contributed by atoms with E-state index in [2.05, 4.69) is 0 Å². The summed E-state index contributed by atoms with van der Waals surface area (Å²) in [7, 11) is -3.54. The first-order valence-corrected chi connectivity index (χ1v) is 10.8. The van der Waals surface area contributed by atoms with Crippen LogP contribution in [0.3, 0.4) is 0 Å². The summed E-state index contributed by atoms with van der Waals surface area (Å²) in [5.74, 6) is -0.176. The Kier molecular flexibility index (Phi) is 5.66. The number of hydrogen-bond acceptors (Lipinski definition) is 7. The van der Waals surface area contributed by atoms with Crippen LogP contribution >= 0.6 is 0 Å². The molecule has 0 N–H and O–H groups in total. The molecule has 1 unspecified atom stereocenters. The first-order chi connectivity index (χ1) is 12.8. The van der Waals surface area contributed by atoms with E-state index in [1.54, 1.807) is 4.90 Å². The van der Waals surface area contributed by atoms with Gasteiger partial charge in [0, 0.05) is 38.5 Å².